The molecule has 1 aliphatic rings. The van der Waals surface area contributed by atoms with Crippen molar-refractivity contribution in [1.29, 1.82) is 0 Å². The van der Waals surface area contributed by atoms with Crippen molar-refractivity contribution < 1.29 is 4.39 Å². The van der Waals surface area contributed by atoms with Crippen molar-refractivity contribution in [2.75, 3.05) is 6.54 Å². The van der Waals surface area contributed by atoms with Crippen molar-refractivity contribution in [2.45, 2.75) is 19.5 Å². The molecule has 0 radical (unpaired) electrons. The average Bonchev–Trinajstić information content (AvgIpc) is 2.64. The third kappa shape index (κ3) is 3.14. The highest BCUT2D eigenvalue weighted by atomic mass is 19.1. The zero-order valence-corrected chi connectivity index (χ0v) is 13.1. The van der Waals surface area contributed by atoms with Gasteiger partial charge in [0.25, 0.3) is 0 Å². The second kappa shape index (κ2) is 6.41. The highest BCUT2D eigenvalue weighted by molar-refractivity contribution is 5.54. The van der Waals surface area contributed by atoms with Gasteiger partial charge in [0.1, 0.15) is 0 Å². The molecule has 0 saturated carbocycles. The van der Waals surface area contributed by atoms with Crippen molar-refractivity contribution in [3.63, 3.8) is 0 Å². The van der Waals surface area contributed by atoms with Gasteiger partial charge in [-0.15, -0.1) is 0 Å². The molecule has 0 aliphatic carbocycles. The first-order chi connectivity index (χ1) is 11.8. The highest BCUT2D eigenvalue weighted by Crippen LogP contribution is 2.21. The lowest BCUT2D eigenvalue weighted by atomic mass is 10.1. The van der Waals surface area contributed by atoms with Crippen LogP contribution in [0.15, 0.2) is 49.1 Å². The van der Waals surface area contributed by atoms with E-state index < -0.39 is 5.95 Å². The van der Waals surface area contributed by atoms with E-state index >= 15 is 0 Å². The summed E-state index contributed by atoms with van der Waals surface area (Å²) in [5.74, 6) is 0.298. The molecular weight excluding hydrogens is 305 g/mol. The maximum absolute atomic E-state index is 12.9. The predicted octanol–water partition coefficient (Wildman–Crippen LogP) is 2.63. The summed E-state index contributed by atoms with van der Waals surface area (Å²) in [5.41, 5.74) is 4.24. The Morgan fingerprint density at radius 2 is 1.92 bits per heavy atom. The largest absolute Gasteiger partial charge is 0.294 e. The summed E-state index contributed by atoms with van der Waals surface area (Å²) in [6.07, 6.45) is 7.87. The molecule has 0 aromatic carbocycles. The van der Waals surface area contributed by atoms with Gasteiger partial charge in [-0.1, -0.05) is 6.07 Å². The average molecular weight is 321 g/mol. The zero-order valence-electron chi connectivity index (χ0n) is 13.1. The standard InChI is InChI=1S/C18H16FN5/c19-17-2-1-13(9-21-17)11-24-8-5-16-15(12-24)10-22-18(23-16)14-3-6-20-7-4-14/h1-4,6-7,9-10H,5,8,11-12H2. The quantitative estimate of drug-likeness (QED) is 0.694. The third-order valence-corrected chi connectivity index (χ3v) is 4.15. The van der Waals surface area contributed by atoms with Crippen LogP contribution < -0.4 is 0 Å². The van der Waals surface area contributed by atoms with Gasteiger partial charge in [0.2, 0.25) is 5.95 Å². The van der Waals surface area contributed by atoms with Crippen LogP contribution in [0.25, 0.3) is 11.4 Å². The number of halogens is 1. The number of pyridine rings is 2. The summed E-state index contributed by atoms with van der Waals surface area (Å²) < 4.78 is 12.9. The first-order valence-corrected chi connectivity index (χ1v) is 7.86. The molecule has 0 N–H and O–H groups in total. The Bertz CT molecular complexity index is 836. The van der Waals surface area contributed by atoms with Gasteiger partial charge in [-0.3, -0.25) is 9.88 Å². The van der Waals surface area contributed by atoms with Crippen LogP contribution in [0.2, 0.25) is 0 Å². The topological polar surface area (TPSA) is 54.8 Å². The molecule has 5 nitrogen and oxygen atoms in total. The minimum absolute atomic E-state index is 0.445. The van der Waals surface area contributed by atoms with E-state index in [9.17, 15) is 4.39 Å². The maximum Gasteiger partial charge on any atom is 0.212 e. The number of nitrogens with zero attached hydrogens (tertiary/aromatic N) is 5. The Labute approximate surface area is 139 Å². The molecule has 0 saturated heterocycles. The zero-order chi connectivity index (χ0) is 16.4. The van der Waals surface area contributed by atoms with Crippen LogP contribution in [0, 0.1) is 5.95 Å². The van der Waals surface area contributed by atoms with E-state index in [2.05, 4.69) is 19.9 Å². The van der Waals surface area contributed by atoms with Gasteiger partial charge < -0.3 is 0 Å². The van der Waals surface area contributed by atoms with Gasteiger partial charge in [-0.2, -0.15) is 4.39 Å². The van der Waals surface area contributed by atoms with Gasteiger partial charge in [0.15, 0.2) is 5.82 Å². The third-order valence-electron chi connectivity index (χ3n) is 4.15. The second-order valence-electron chi connectivity index (χ2n) is 5.85. The lowest BCUT2D eigenvalue weighted by Crippen LogP contribution is -2.31. The van der Waals surface area contributed by atoms with Crippen LogP contribution in [-0.2, 0) is 19.5 Å². The van der Waals surface area contributed by atoms with E-state index in [4.69, 9.17) is 4.98 Å². The fourth-order valence-corrected chi connectivity index (χ4v) is 2.91. The molecule has 0 atom stereocenters. The lowest BCUT2D eigenvalue weighted by molar-refractivity contribution is 0.242. The van der Waals surface area contributed by atoms with Crippen molar-refractivity contribution in [2.24, 2.45) is 0 Å². The summed E-state index contributed by atoms with van der Waals surface area (Å²) in [7, 11) is 0. The van der Waals surface area contributed by atoms with Gasteiger partial charge in [0.05, 0.1) is 5.69 Å². The molecule has 0 bridgehead atoms. The fourth-order valence-electron chi connectivity index (χ4n) is 2.91. The molecule has 0 spiro atoms. The number of rotatable bonds is 3. The van der Waals surface area contributed by atoms with Crippen molar-refractivity contribution in [3.05, 3.63) is 71.8 Å². The van der Waals surface area contributed by atoms with Crippen molar-refractivity contribution in [3.8, 4) is 11.4 Å². The Hall–Kier alpha value is -2.73. The van der Waals surface area contributed by atoms with Crippen molar-refractivity contribution in [1.82, 2.24) is 24.8 Å². The summed E-state index contributed by atoms with van der Waals surface area (Å²) in [5, 5.41) is 0. The maximum atomic E-state index is 12.9. The first kappa shape index (κ1) is 14.8. The summed E-state index contributed by atoms with van der Waals surface area (Å²) in [6.45, 7) is 2.46. The Morgan fingerprint density at radius 3 is 2.71 bits per heavy atom. The van der Waals surface area contributed by atoms with E-state index in [1.165, 1.54) is 6.07 Å². The van der Waals surface area contributed by atoms with Crippen LogP contribution >= 0.6 is 0 Å². The second-order valence-corrected chi connectivity index (χ2v) is 5.85. The SMILES string of the molecule is Fc1ccc(CN2CCc3nc(-c4ccncc4)ncc3C2)cn1. The van der Waals surface area contributed by atoms with E-state index in [0.29, 0.717) is 0 Å². The highest BCUT2D eigenvalue weighted by Gasteiger charge is 2.19. The van der Waals surface area contributed by atoms with E-state index in [0.717, 1.165) is 54.3 Å². The molecule has 4 rings (SSSR count). The molecule has 0 amide bonds. The summed E-state index contributed by atoms with van der Waals surface area (Å²) in [6, 6.07) is 7.01. The molecular formula is C18H16FN5. The monoisotopic (exact) mass is 321 g/mol. The summed E-state index contributed by atoms with van der Waals surface area (Å²) in [4.78, 5) is 19.2. The molecule has 120 valence electrons. The van der Waals surface area contributed by atoms with Gasteiger partial charge in [0, 0.05) is 62.0 Å². The van der Waals surface area contributed by atoms with Crippen LogP contribution in [-0.4, -0.2) is 31.4 Å². The van der Waals surface area contributed by atoms with E-state index in [1.54, 1.807) is 24.7 Å². The summed E-state index contributed by atoms with van der Waals surface area (Å²) >= 11 is 0. The number of fused-ring (bicyclic) bond motifs is 1. The van der Waals surface area contributed by atoms with Crippen LogP contribution in [0.1, 0.15) is 16.8 Å². The normalized spacial score (nSPS) is 14.4. The van der Waals surface area contributed by atoms with E-state index in [-0.39, 0.29) is 0 Å². The molecule has 24 heavy (non-hydrogen) atoms. The molecule has 4 heterocycles. The molecule has 0 fully saturated rings. The molecule has 0 unspecified atom stereocenters. The Kier molecular flexibility index (Phi) is 3.96. The van der Waals surface area contributed by atoms with Gasteiger partial charge in [-0.25, -0.2) is 15.0 Å². The number of hydrogen-bond acceptors (Lipinski definition) is 5. The predicted molar refractivity (Wildman–Crippen MR) is 87.3 cm³/mol. The lowest BCUT2D eigenvalue weighted by Gasteiger charge is -2.28. The van der Waals surface area contributed by atoms with Crippen molar-refractivity contribution >= 4 is 0 Å². The number of hydrogen-bond donors (Lipinski definition) is 0. The smallest absolute Gasteiger partial charge is 0.212 e. The Balaban J connectivity index is 1.50. The van der Waals surface area contributed by atoms with Gasteiger partial charge in [-0.05, 0) is 23.8 Å². The fraction of sp³-hybridized carbons (Fsp3) is 0.222. The number of aromatic nitrogens is 4. The minimum atomic E-state index is -0.445. The van der Waals surface area contributed by atoms with Crippen LogP contribution in [0.5, 0.6) is 0 Å². The molecule has 3 aromatic rings. The first-order valence-electron chi connectivity index (χ1n) is 7.86. The van der Waals surface area contributed by atoms with Crippen LogP contribution in [0.3, 0.4) is 0 Å². The van der Waals surface area contributed by atoms with Crippen LogP contribution in [0.4, 0.5) is 4.39 Å². The Morgan fingerprint density at radius 1 is 1.04 bits per heavy atom. The van der Waals surface area contributed by atoms with E-state index in [1.807, 2.05) is 18.3 Å². The minimum Gasteiger partial charge on any atom is -0.294 e. The molecule has 1 aliphatic heterocycles. The molecule has 6 heteroatoms. The van der Waals surface area contributed by atoms with Gasteiger partial charge >= 0.3 is 0 Å². The molecule has 3 aromatic heterocycles.